The average Bonchev–Trinajstić information content (AvgIpc) is 2.52. The van der Waals surface area contributed by atoms with Gasteiger partial charge in [0.25, 0.3) is 0 Å². The first-order valence-corrected chi connectivity index (χ1v) is 9.38. The van der Waals surface area contributed by atoms with Gasteiger partial charge in [-0.05, 0) is 24.3 Å². The van der Waals surface area contributed by atoms with Gasteiger partial charge in [-0.15, -0.1) is 0 Å². The van der Waals surface area contributed by atoms with E-state index in [9.17, 15) is 22.0 Å². The average molecular weight is 389 g/mol. The van der Waals surface area contributed by atoms with Crippen LogP contribution >= 0.6 is 11.6 Å². The molecular weight excluding hydrogens is 374 g/mol. The summed E-state index contributed by atoms with van der Waals surface area (Å²) < 4.78 is 51.1. The van der Waals surface area contributed by atoms with Crippen LogP contribution in [0.3, 0.4) is 0 Å². The summed E-state index contributed by atoms with van der Waals surface area (Å²) in [6.45, 7) is -0.236. The molecule has 0 bridgehead atoms. The monoisotopic (exact) mass is 388 g/mol. The van der Waals surface area contributed by atoms with Gasteiger partial charge in [0.2, 0.25) is 15.9 Å². The summed E-state index contributed by atoms with van der Waals surface area (Å²) in [6.07, 6.45) is 0.720. The number of carbonyl (C=O) groups is 1. The minimum atomic E-state index is -3.79. The van der Waals surface area contributed by atoms with Gasteiger partial charge in [0.15, 0.2) is 11.6 Å². The second kappa shape index (κ2) is 7.79. The van der Waals surface area contributed by atoms with Crippen molar-refractivity contribution in [1.29, 1.82) is 0 Å². The molecule has 1 N–H and O–H groups in total. The molecule has 25 heavy (non-hydrogen) atoms. The van der Waals surface area contributed by atoms with Gasteiger partial charge in [-0.2, -0.15) is 0 Å². The normalized spacial score (nSPS) is 11.2. The van der Waals surface area contributed by atoms with E-state index in [4.69, 9.17) is 11.6 Å². The first-order valence-electron chi connectivity index (χ1n) is 7.15. The standard InChI is InChI=1S/C16H15ClF2N2O3S/c1-25(23,24)21(11-6-7-13(18)14(19)10-11)9-8-16(22)20-15-5-3-2-4-12(15)17/h2-7,10H,8-9H2,1H3,(H,20,22). The Morgan fingerprint density at radius 1 is 1.16 bits per heavy atom. The Morgan fingerprint density at radius 3 is 2.44 bits per heavy atom. The summed E-state index contributed by atoms with van der Waals surface area (Å²) in [5.41, 5.74) is 0.333. The zero-order valence-electron chi connectivity index (χ0n) is 13.2. The van der Waals surface area contributed by atoms with E-state index in [-0.39, 0.29) is 18.7 Å². The quantitative estimate of drug-likeness (QED) is 0.824. The van der Waals surface area contributed by atoms with E-state index in [0.29, 0.717) is 10.7 Å². The third-order valence-electron chi connectivity index (χ3n) is 3.28. The molecule has 0 saturated heterocycles. The molecule has 0 aliphatic carbocycles. The van der Waals surface area contributed by atoms with Crippen molar-refractivity contribution in [3.05, 3.63) is 59.1 Å². The van der Waals surface area contributed by atoms with Crippen LogP contribution in [-0.4, -0.2) is 27.1 Å². The van der Waals surface area contributed by atoms with Gasteiger partial charge in [-0.25, -0.2) is 17.2 Å². The van der Waals surface area contributed by atoms with Crippen LogP contribution in [0.15, 0.2) is 42.5 Å². The van der Waals surface area contributed by atoms with Crippen LogP contribution in [0.25, 0.3) is 0 Å². The summed E-state index contributed by atoms with van der Waals surface area (Å²) >= 11 is 5.93. The summed E-state index contributed by atoms with van der Waals surface area (Å²) in [7, 11) is -3.79. The lowest BCUT2D eigenvalue weighted by Crippen LogP contribution is -2.33. The number of para-hydroxylation sites is 1. The highest BCUT2D eigenvalue weighted by Gasteiger charge is 2.20. The molecule has 0 aliphatic heterocycles. The Balaban J connectivity index is 2.12. The molecule has 0 fully saturated rings. The molecule has 134 valence electrons. The maximum Gasteiger partial charge on any atom is 0.232 e. The predicted octanol–water partition coefficient (Wildman–Crippen LogP) is 3.41. The van der Waals surface area contributed by atoms with Crippen LogP contribution in [-0.2, 0) is 14.8 Å². The van der Waals surface area contributed by atoms with Crippen molar-refractivity contribution >= 4 is 38.9 Å². The highest BCUT2D eigenvalue weighted by molar-refractivity contribution is 7.92. The second-order valence-corrected chi connectivity index (χ2v) is 7.53. The molecule has 0 heterocycles. The number of amides is 1. The number of benzene rings is 2. The highest BCUT2D eigenvalue weighted by Crippen LogP contribution is 2.22. The summed E-state index contributed by atoms with van der Waals surface area (Å²) in [6, 6.07) is 9.31. The molecular formula is C16H15ClF2N2O3S. The Hall–Kier alpha value is -2.19. The molecule has 2 aromatic rings. The van der Waals surface area contributed by atoms with Gasteiger partial charge < -0.3 is 5.32 Å². The molecule has 0 radical (unpaired) electrons. The summed E-state index contributed by atoms with van der Waals surface area (Å²) in [5.74, 6) is -2.73. The van der Waals surface area contributed by atoms with Crippen LogP contribution in [0.5, 0.6) is 0 Å². The van der Waals surface area contributed by atoms with Crippen LogP contribution in [0.1, 0.15) is 6.42 Å². The number of rotatable bonds is 6. The molecule has 1 amide bonds. The van der Waals surface area contributed by atoms with E-state index in [0.717, 1.165) is 28.8 Å². The Kier molecular flexibility index (Phi) is 5.97. The van der Waals surface area contributed by atoms with Crippen molar-refractivity contribution in [2.24, 2.45) is 0 Å². The fourth-order valence-corrected chi connectivity index (χ4v) is 3.21. The van der Waals surface area contributed by atoms with Crippen molar-refractivity contribution in [2.75, 3.05) is 22.4 Å². The van der Waals surface area contributed by atoms with Crippen LogP contribution in [0, 0.1) is 11.6 Å². The number of hydrogen-bond acceptors (Lipinski definition) is 3. The van der Waals surface area contributed by atoms with E-state index in [2.05, 4.69) is 5.32 Å². The summed E-state index contributed by atoms with van der Waals surface area (Å²) in [4.78, 5) is 12.0. The van der Waals surface area contributed by atoms with Gasteiger partial charge in [-0.1, -0.05) is 23.7 Å². The number of hydrogen-bond donors (Lipinski definition) is 1. The lowest BCUT2D eigenvalue weighted by atomic mass is 10.2. The fraction of sp³-hybridized carbons (Fsp3) is 0.188. The third-order valence-corrected chi connectivity index (χ3v) is 4.81. The maximum absolute atomic E-state index is 13.4. The lowest BCUT2D eigenvalue weighted by Gasteiger charge is -2.22. The minimum Gasteiger partial charge on any atom is -0.325 e. The molecule has 0 spiro atoms. The van der Waals surface area contributed by atoms with Crippen LogP contribution in [0.2, 0.25) is 5.02 Å². The number of anilines is 2. The summed E-state index contributed by atoms with van der Waals surface area (Å²) in [5, 5.41) is 2.91. The molecule has 5 nitrogen and oxygen atoms in total. The zero-order chi connectivity index (χ0) is 18.6. The van der Waals surface area contributed by atoms with Crippen molar-refractivity contribution < 1.29 is 22.0 Å². The number of nitrogens with one attached hydrogen (secondary N) is 1. The molecule has 0 aromatic heterocycles. The van der Waals surface area contributed by atoms with E-state index in [1.807, 2.05) is 0 Å². The van der Waals surface area contributed by atoms with Crippen molar-refractivity contribution in [3.63, 3.8) is 0 Å². The first kappa shape index (κ1) is 19.1. The van der Waals surface area contributed by atoms with E-state index >= 15 is 0 Å². The largest absolute Gasteiger partial charge is 0.325 e. The molecule has 2 aromatic carbocycles. The Bertz CT molecular complexity index is 891. The molecule has 0 atom stereocenters. The van der Waals surface area contributed by atoms with Crippen LogP contribution in [0.4, 0.5) is 20.2 Å². The number of sulfonamides is 1. The molecule has 0 saturated carbocycles. The van der Waals surface area contributed by atoms with Gasteiger partial charge >= 0.3 is 0 Å². The molecule has 9 heteroatoms. The minimum absolute atomic E-state index is 0.0630. The van der Waals surface area contributed by atoms with Gasteiger partial charge in [-0.3, -0.25) is 9.10 Å². The van der Waals surface area contributed by atoms with E-state index in [1.54, 1.807) is 24.3 Å². The van der Waals surface area contributed by atoms with Gasteiger partial charge in [0.1, 0.15) is 0 Å². The fourth-order valence-electron chi connectivity index (χ4n) is 2.10. The number of nitrogens with zero attached hydrogens (tertiary/aromatic N) is 1. The SMILES string of the molecule is CS(=O)(=O)N(CCC(=O)Nc1ccccc1Cl)c1ccc(F)c(F)c1. The number of carbonyl (C=O) groups excluding carboxylic acids is 1. The Morgan fingerprint density at radius 2 is 1.84 bits per heavy atom. The van der Waals surface area contributed by atoms with E-state index < -0.39 is 27.6 Å². The van der Waals surface area contributed by atoms with Crippen molar-refractivity contribution in [3.8, 4) is 0 Å². The maximum atomic E-state index is 13.4. The lowest BCUT2D eigenvalue weighted by molar-refractivity contribution is -0.116. The van der Waals surface area contributed by atoms with Crippen molar-refractivity contribution in [1.82, 2.24) is 0 Å². The van der Waals surface area contributed by atoms with E-state index in [1.165, 1.54) is 0 Å². The van der Waals surface area contributed by atoms with Gasteiger partial charge in [0.05, 0.1) is 22.7 Å². The predicted molar refractivity (Wildman–Crippen MR) is 93.2 cm³/mol. The van der Waals surface area contributed by atoms with Crippen LogP contribution < -0.4 is 9.62 Å². The van der Waals surface area contributed by atoms with Crippen molar-refractivity contribution in [2.45, 2.75) is 6.42 Å². The first-order chi connectivity index (χ1) is 11.7. The molecule has 2 rings (SSSR count). The topological polar surface area (TPSA) is 66.5 Å². The zero-order valence-corrected chi connectivity index (χ0v) is 14.7. The third kappa shape index (κ3) is 5.14. The Labute approximate surface area is 149 Å². The second-order valence-electron chi connectivity index (χ2n) is 5.21. The van der Waals surface area contributed by atoms with Gasteiger partial charge in [0, 0.05) is 19.0 Å². The smallest absolute Gasteiger partial charge is 0.232 e. The highest BCUT2D eigenvalue weighted by atomic mass is 35.5. The molecule has 0 aliphatic rings. The molecule has 0 unspecified atom stereocenters. The number of halogens is 3.